The summed E-state index contributed by atoms with van der Waals surface area (Å²) in [5.74, 6) is -1.02. The summed E-state index contributed by atoms with van der Waals surface area (Å²) in [6.45, 7) is 0.437. The van der Waals surface area contributed by atoms with E-state index in [0.29, 0.717) is 25.1 Å². The lowest BCUT2D eigenvalue weighted by atomic mass is 9.81. The van der Waals surface area contributed by atoms with Crippen LogP contribution in [0.25, 0.3) is 0 Å². The molecule has 2 fully saturated rings. The summed E-state index contributed by atoms with van der Waals surface area (Å²) in [6, 6.07) is 14.1. The Morgan fingerprint density at radius 3 is 2.25 bits per heavy atom. The summed E-state index contributed by atoms with van der Waals surface area (Å²) in [4.78, 5) is 37.7. The summed E-state index contributed by atoms with van der Waals surface area (Å²) in [7, 11) is 0. The van der Waals surface area contributed by atoms with E-state index in [1.54, 1.807) is 12.1 Å². The smallest absolute Gasteiger partial charge is 0.294 e. The lowest BCUT2D eigenvalue weighted by Crippen LogP contribution is -2.30. The van der Waals surface area contributed by atoms with Crippen molar-refractivity contribution in [3.63, 3.8) is 0 Å². The highest BCUT2D eigenvalue weighted by Gasteiger charge is 2.49. The number of anilines is 2. The van der Waals surface area contributed by atoms with Crippen LogP contribution in [0.1, 0.15) is 31.2 Å². The van der Waals surface area contributed by atoms with Crippen molar-refractivity contribution in [3.8, 4) is 0 Å². The molecular weight excluding hydrogens is 358 g/mol. The first-order valence-corrected chi connectivity index (χ1v) is 9.50. The Hall–Kier alpha value is -3.22. The van der Waals surface area contributed by atoms with Crippen molar-refractivity contribution >= 4 is 28.9 Å². The minimum atomic E-state index is -0.491. The Labute approximate surface area is 162 Å². The molecule has 1 heterocycles. The van der Waals surface area contributed by atoms with Crippen LogP contribution in [0.15, 0.2) is 48.5 Å². The van der Waals surface area contributed by atoms with Crippen molar-refractivity contribution in [1.82, 2.24) is 0 Å². The molecule has 7 nitrogen and oxygen atoms in total. The molecule has 1 saturated carbocycles. The van der Waals surface area contributed by atoms with Gasteiger partial charge in [-0.05, 0) is 30.5 Å². The number of imide groups is 1. The van der Waals surface area contributed by atoms with Crippen LogP contribution in [-0.2, 0) is 16.1 Å². The van der Waals surface area contributed by atoms with Gasteiger partial charge in [0.05, 0.1) is 22.4 Å². The molecule has 0 aromatic heterocycles. The predicted octanol–water partition coefficient (Wildman–Crippen LogP) is 3.89. The Morgan fingerprint density at radius 1 is 1.00 bits per heavy atom. The molecule has 7 heteroatoms. The maximum Gasteiger partial charge on any atom is 0.294 e. The number of benzene rings is 2. The Morgan fingerprint density at radius 2 is 1.64 bits per heavy atom. The average molecular weight is 379 g/mol. The van der Waals surface area contributed by atoms with E-state index in [1.165, 1.54) is 6.07 Å². The predicted molar refractivity (Wildman–Crippen MR) is 105 cm³/mol. The number of carbonyl (C=O) groups is 2. The third kappa shape index (κ3) is 3.24. The number of nitrogens with one attached hydrogen (secondary N) is 1. The minimum absolute atomic E-state index is 0.149. The van der Waals surface area contributed by atoms with E-state index >= 15 is 0 Å². The molecule has 0 radical (unpaired) electrons. The lowest BCUT2D eigenvalue weighted by Gasteiger charge is -2.19. The molecule has 2 amide bonds. The van der Waals surface area contributed by atoms with Gasteiger partial charge in [-0.25, -0.2) is 4.90 Å². The third-order valence-electron chi connectivity index (χ3n) is 5.60. The number of amides is 2. The second kappa shape index (κ2) is 7.42. The zero-order valence-corrected chi connectivity index (χ0v) is 15.3. The van der Waals surface area contributed by atoms with Crippen LogP contribution in [0.4, 0.5) is 17.1 Å². The van der Waals surface area contributed by atoms with Gasteiger partial charge in [0, 0.05) is 12.6 Å². The van der Waals surface area contributed by atoms with Gasteiger partial charge in [-0.15, -0.1) is 0 Å². The first kappa shape index (κ1) is 18.2. The third-order valence-corrected chi connectivity index (χ3v) is 5.60. The second-order valence-corrected chi connectivity index (χ2v) is 7.31. The fourth-order valence-corrected chi connectivity index (χ4v) is 4.17. The van der Waals surface area contributed by atoms with Gasteiger partial charge in [0.1, 0.15) is 5.69 Å². The maximum atomic E-state index is 12.7. The minimum Gasteiger partial charge on any atom is -0.375 e. The van der Waals surface area contributed by atoms with Crippen molar-refractivity contribution in [1.29, 1.82) is 0 Å². The number of nitrogens with zero attached hydrogens (tertiary/aromatic N) is 2. The highest BCUT2D eigenvalue weighted by Crippen LogP contribution is 2.41. The number of rotatable bonds is 5. The number of fused-ring (bicyclic) bond motifs is 1. The average Bonchev–Trinajstić information content (AvgIpc) is 2.98. The van der Waals surface area contributed by atoms with Crippen molar-refractivity contribution < 1.29 is 14.5 Å². The van der Waals surface area contributed by atoms with E-state index in [4.69, 9.17) is 0 Å². The summed E-state index contributed by atoms with van der Waals surface area (Å²) < 4.78 is 0. The molecule has 1 aliphatic carbocycles. The van der Waals surface area contributed by atoms with Crippen molar-refractivity contribution in [3.05, 3.63) is 64.2 Å². The molecule has 1 N–H and O–H groups in total. The molecule has 28 heavy (non-hydrogen) atoms. The van der Waals surface area contributed by atoms with Crippen LogP contribution in [0.2, 0.25) is 0 Å². The largest absolute Gasteiger partial charge is 0.375 e. The topological polar surface area (TPSA) is 92.6 Å². The van der Waals surface area contributed by atoms with E-state index in [2.05, 4.69) is 5.32 Å². The Kier molecular flexibility index (Phi) is 4.81. The highest BCUT2D eigenvalue weighted by atomic mass is 16.6. The zero-order chi connectivity index (χ0) is 19.7. The molecule has 0 unspecified atom stereocenters. The SMILES string of the molecule is O=C1[C@H]2CCCC[C@H]2C(=O)N1c1ccc(NCc2ccccc2)c([N+](=O)[O-])c1. The quantitative estimate of drug-likeness (QED) is 0.483. The molecule has 4 rings (SSSR count). The van der Waals surface area contributed by atoms with Crippen molar-refractivity contribution in [2.24, 2.45) is 11.8 Å². The molecule has 1 saturated heterocycles. The zero-order valence-electron chi connectivity index (χ0n) is 15.3. The van der Waals surface area contributed by atoms with Crippen molar-refractivity contribution in [2.75, 3.05) is 10.2 Å². The fraction of sp³-hybridized carbons (Fsp3) is 0.333. The van der Waals surface area contributed by atoms with E-state index < -0.39 is 4.92 Å². The monoisotopic (exact) mass is 379 g/mol. The van der Waals surface area contributed by atoms with Crippen LogP contribution < -0.4 is 10.2 Å². The fourth-order valence-electron chi connectivity index (χ4n) is 4.17. The van der Waals surface area contributed by atoms with Crippen LogP contribution in [0.5, 0.6) is 0 Å². The number of nitro groups is 1. The summed E-state index contributed by atoms with van der Waals surface area (Å²) >= 11 is 0. The summed E-state index contributed by atoms with van der Waals surface area (Å²) in [5, 5.41) is 14.7. The van der Waals surface area contributed by atoms with Gasteiger partial charge in [-0.1, -0.05) is 43.2 Å². The maximum absolute atomic E-state index is 12.7. The number of hydrogen-bond acceptors (Lipinski definition) is 5. The van der Waals surface area contributed by atoms with Gasteiger partial charge in [-0.3, -0.25) is 19.7 Å². The van der Waals surface area contributed by atoms with E-state index in [9.17, 15) is 19.7 Å². The van der Waals surface area contributed by atoms with E-state index in [1.807, 2.05) is 30.3 Å². The molecular formula is C21H21N3O4. The molecule has 144 valence electrons. The summed E-state index contributed by atoms with van der Waals surface area (Å²) in [5.41, 5.74) is 1.48. The molecule has 2 aliphatic rings. The van der Waals surface area contributed by atoms with Crippen LogP contribution >= 0.6 is 0 Å². The van der Waals surface area contributed by atoms with Gasteiger partial charge in [0.2, 0.25) is 11.8 Å². The first-order valence-electron chi connectivity index (χ1n) is 9.50. The van der Waals surface area contributed by atoms with Gasteiger partial charge >= 0.3 is 0 Å². The lowest BCUT2D eigenvalue weighted by molar-refractivity contribution is -0.383. The second-order valence-electron chi connectivity index (χ2n) is 7.31. The first-order chi connectivity index (χ1) is 13.6. The van der Waals surface area contributed by atoms with Gasteiger partial charge in [-0.2, -0.15) is 0 Å². The number of carbonyl (C=O) groups excluding carboxylic acids is 2. The number of hydrogen-bond donors (Lipinski definition) is 1. The Balaban J connectivity index is 1.60. The van der Waals surface area contributed by atoms with Gasteiger partial charge in [0.15, 0.2) is 0 Å². The van der Waals surface area contributed by atoms with Crippen LogP contribution in [-0.4, -0.2) is 16.7 Å². The van der Waals surface area contributed by atoms with Gasteiger partial charge in [0.25, 0.3) is 5.69 Å². The summed E-state index contributed by atoms with van der Waals surface area (Å²) in [6.07, 6.45) is 3.31. The Bertz CT molecular complexity index is 905. The van der Waals surface area contributed by atoms with Crippen molar-refractivity contribution in [2.45, 2.75) is 32.2 Å². The van der Waals surface area contributed by atoms with E-state index in [-0.39, 0.29) is 35.0 Å². The molecule has 2 aromatic carbocycles. The molecule has 2 atom stereocenters. The highest BCUT2D eigenvalue weighted by molar-refractivity contribution is 6.22. The number of nitro benzene ring substituents is 1. The standard InChI is InChI=1S/C21H21N3O4/c25-20-16-8-4-5-9-17(16)21(26)23(20)15-10-11-18(19(12-15)24(27)28)22-13-14-6-2-1-3-7-14/h1-3,6-7,10-12,16-17,22H,4-5,8-9,13H2/t16-,17+. The van der Waals surface area contributed by atoms with Crippen LogP contribution in [0.3, 0.4) is 0 Å². The van der Waals surface area contributed by atoms with Crippen LogP contribution in [0, 0.1) is 22.0 Å². The van der Waals surface area contributed by atoms with Gasteiger partial charge < -0.3 is 5.32 Å². The molecule has 0 bridgehead atoms. The molecule has 1 aliphatic heterocycles. The molecule has 0 spiro atoms. The van der Waals surface area contributed by atoms with E-state index in [0.717, 1.165) is 23.3 Å². The molecule has 2 aromatic rings. The normalized spacial score (nSPS) is 21.5.